The molecule has 0 aromatic rings. The molecule has 442 valence electrons. The van der Waals surface area contributed by atoms with Gasteiger partial charge in [-0.1, -0.05) is 306 Å². The Morgan fingerprint density at radius 3 is 1.19 bits per heavy atom. The van der Waals surface area contributed by atoms with Crippen LogP contribution in [0.5, 0.6) is 0 Å². The van der Waals surface area contributed by atoms with Gasteiger partial charge in [0.05, 0.1) is 39.9 Å². The van der Waals surface area contributed by atoms with Crippen molar-refractivity contribution in [2.45, 2.75) is 328 Å². The SMILES string of the molecule is CC/C=C\C/C=C\C/C=C\C/C=C\CCCCCCCCCCCCCCCCCCCCCCCCCCCCC(=O)NC(COP(=O)([O-])OCC[N+](C)(C)C)C(O)CCCCCCCCCCCCCCCC. The van der Waals surface area contributed by atoms with Crippen molar-refractivity contribution in [2.24, 2.45) is 0 Å². The van der Waals surface area contributed by atoms with Crippen molar-refractivity contribution in [3.05, 3.63) is 48.6 Å². The molecule has 0 aromatic carbocycles. The highest BCUT2D eigenvalue weighted by molar-refractivity contribution is 7.45. The molecule has 0 fully saturated rings. The van der Waals surface area contributed by atoms with E-state index in [1.54, 1.807) is 0 Å². The van der Waals surface area contributed by atoms with Crippen molar-refractivity contribution in [2.75, 3.05) is 40.9 Å². The molecule has 3 unspecified atom stereocenters. The predicted octanol–water partition coefficient (Wildman–Crippen LogP) is 19.6. The number of nitrogens with zero attached hydrogens (tertiary/aromatic N) is 1. The van der Waals surface area contributed by atoms with Crippen LogP contribution in [0.3, 0.4) is 0 Å². The van der Waals surface area contributed by atoms with E-state index in [0.29, 0.717) is 23.9 Å². The molecule has 1 amide bonds. The molecular formula is C66H127N2O6P. The highest BCUT2D eigenvalue weighted by Crippen LogP contribution is 2.38. The zero-order chi connectivity index (χ0) is 54.9. The Hall–Kier alpha value is -1.54. The molecule has 8 nitrogen and oxygen atoms in total. The molecule has 0 aliphatic carbocycles. The summed E-state index contributed by atoms with van der Waals surface area (Å²) < 4.78 is 23.4. The van der Waals surface area contributed by atoms with Crippen LogP contribution < -0.4 is 10.2 Å². The predicted molar refractivity (Wildman–Crippen MR) is 325 cm³/mol. The number of nitrogens with one attached hydrogen (secondary N) is 1. The van der Waals surface area contributed by atoms with Crippen molar-refractivity contribution < 1.29 is 32.9 Å². The molecule has 9 heteroatoms. The number of unbranched alkanes of at least 4 members (excludes halogenated alkanes) is 39. The fraction of sp³-hybridized carbons (Fsp3) is 0.864. The van der Waals surface area contributed by atoms with Crippen LogP contribution in [0.25, 0.3) is 0 Å². The van der Waals surface area contributed by atoms with E-state index < -0.39 is 20.0 Å². The van der Waals surface area contributed by atoms with E-state index in [9.17, 15) is 19.4 Å². The summed E-state index contributed by atoms with van der Waals surface area (Å²) in [5, 5.41) is 14.0. The summed E-state index contributed by atoms with van der Waals surface area (Å²) in [5.74, 6) is -0.159. The maximum Gasteiger partial charge on any atom is 0.268 e. The number of phosphoric ester groups is 1. The van der Waals surface area contributed by atoms with E-state index in [1.165, 1.54) is 225 Å². The van der Waals surface area contributed by atoms with Gasteiger partial charge in [0.15, 0.2) is 0 Å². The minimum Gasteiger partial charge on any atom is -0.756 e. The minimum atomic E-state index is -4.57. The van der Waals surface area contributed by atoms with E-state index in [-0.39, 0.29) is 19.1 Å². The molecule has 3 atom stereocenters. The van der Waals surface area contributed by atoms with Crippen LogP contribution in [0.2, 0.25) is 0 Å². The molecular weight excluding hydrogens is 948 g/mol. The second kappa shape index (κ2) is 57.2. The number of quaternary nitrogens is 1. The van der Waals surface area contributed by atoms with Gasteiger partial charge in [-0.15, -0.1) is 0 Å². The third kappa shape index (κ3) is 60.0. The zero-order valence-corrected chi connectivity index (χ0v) is 51.4. The molecule has 0 aliphatic heterocycles. The number of phosphoric acid groups is 1. The maximum absolute atomic E-state index is 13.0. The molecule has 0 rings (SSSR count). The maximum atomic E-state index is 13.0. The van der Waals surface area contributed by atoms with Crippen LogP contribution >= 0.6 is 7.82 Å². The van der Waals surface area contributed by atoms with E-state index in [1.807, 2.05) is 21.1 Å². The number of hydrogen-bond donors (Lipinski definition) is 2. The molecule has 0 aromatic heterocycles. The number of carbonyl (C=O) groups is 1. The summed E-state index contributed by atoms with van der Waals surface area (Å²) >= 11 is 0. The van der Waals surface area contributed by atoms with Gasteiger partial charge < -0.3 is 28.8 Å². The molecule has 2 N–H and O–H groups in total. The first-order valence-electron chi connectivity index (χ1n) is 32.5. The lowest BCUT2D eigenvalue weighted by Gasteiger charge is -2.30. The summed E-state index contributed by atoms with van der Waals surface area (Å²) in [6.07, 6.45) is 76.2. The summed E-state index contributed by atoms with van der Waals surface area (Å²) in [6, 6.07) is -0.798. The number of hydrogen-bond acceptors (Lipinski definition) is 6. The summed E-state index contributed by atoms with van der Waals surface area (Å²) in [6.45, 7) is 4.64. The average molecular weight is 1080 g/mol. The Labute approximate surface area is 467 Å². The summed E-state index contributed by atoms with van der Waals surface area (Å²) in [7, 11) is 1.32. The highest BCUT2D eigenvalue weighted by Gasteiger charge is 2.24. The number of likely N-dealkylation sites (N-methyl/N-ethyl adjacent to an activating group) is 1. The van der Waals surface area contributed by atoms with E-state index in [4.69, 9.17) is 9.05 Å². The molecule has 0 aliphatic rings. The normalized spacial score (nSPS) is 14.1. The van der Waals surface area contributed by atoms with E-state index in [0.717, 1.165) is 64.2 Å². The Morgan fingerprint density at radius 1 is 0.480 bits per heavy atom. The first-order valence-corrected chi connectivity index (χ1v) is 33.9. The Morgan fingerprint density at radius 2 is 0.813 bits per heavy atom. The van der Waals surface area contributed by atoms with Gasteiger partial charge in [0.1, 0.15) is 13.2 Å². The lowest BCUT2D eigenvalue weighted by atomic mass is 10.0. The van der Waals surface area contributed by atoms with Crippen LogP contribution in [0.4, 0.5) is 0 Å². The van der Waals surface area contributed by atoms with E-state index in [2.05, 4.69) is 67.8 Å². The summed E-state index contributed by atoms with van der Waals surface area (Å²) in [5.41, 5.74) is 0. The quantitative estimate of drug-likeness (QED) is 0.0272. The lowest BCUT2D eigenvalue weighted by Crippen LogP contribution is -2.46. The van der Waals surface area contributed by atoms with Crippen LogP contribution in [-0.4, -0.2) is 68.5 Å². The number of amides is 1. The number of carbonyl (C=O) groups excluding carboxylic acids is 1. The standard InChI is InChI=1S/C66H127N2O6P/c1-6-8-10-12-14-16-18-20-22-23-24-25-26-27-28-29-30-31-32-33-34-35-36-37-38-39-40-41-42-43-44-45-46-48-50-52-54-56-58-60-66(70)67-64(63-74-75(71,72)73-62-61-68(3,4)5)65(69)59-57-55-53-51-49-47-21-19-17-15-13-11-9-7-2/h8,10,14,16,20,22,24-25,64-65,69H,6-7,9,11-13,15,17-19,21,23,26-63H2,1-5H3,(H-,67,70,71,72)/b10-8-,16-14-,22-20-,25-24-. The molecule has 75 heavy (non-hydrogen) atoms. The van der Waals surface area contributed by atoms with Crippen molar-refractivity contribution in [3.8, 4) is 0 Å². The van der Waals surface area contributed by atoms with Crippen LogP contribution in [0.1, 0.15) is 316 Å². The third-order valence-electron chi connectivity index (χ3n) is 14.8. The van der Waals surface area contributed by atoms with Crippen molar-refractivity contribution >= 4 is 13.7 Å². The van der Waals surface area contributed by atoms with Gasteiger partial charge in [-0.25, -0.2) is 0 Å². The van der Waals surface area contributed by atoms with Gasteiger partial charge in [0.2, 0.25) is 5.91 Å². The van der Waals surface area contributed by atoms with Crippen LogP contribution in [-0.2, 0) is 18.4 Å². The van der Waals surface area contributed by atoms with Gasteiger partial charge in [-0.3, -0.25) is 9.36 Å². The second-order valence-electron chi connectivity index (χ2n) is 23.4. The highest BCUT2D eigenvalue weighted by atomic mass is 31.2. The van der Waals surface area contributed by atoms with Crippen molar-refractivity contribution in [1.29, 1.82) is 0 Å². The molecule has 0 saturated heterocycles. The zero-order valence-electron chi connectivity index (χ0n) is 50.5. The fourth-order valence-corrected chi connectivity index (χ4v) is 10.5. The fourth-order valence-electron chi connectivity index (χ4n) is 9.80. The molecule has 0 spiro atoms. The van der Waals surface area contributed by atoms with Gasteiger partial charge in [-0.05, 0) is 51.4 Å². The molecule has 0 heterocycles. The van der Waals surface area contributed by atoms with Crippen LogP contribution in [0.15, 0.2) is 48.6 Å². The number of rotatable bonds is 60. The first kappa shape index (κ1) is 73.5. The third-order valence-corrected chi connectivity index (χ3v) is 15.8. The molecule has 0 saturated carbocycles. The van der Waals surface area contributed by atoms with Crippen LogP contribution in [0, 0.1) is 0 Å². The second-order valence-corrected chi connectivity index (χ2v) is 24.9. The molecule has 0 bridgehead atoms. The monoisotopic (exact) mass is 1070 g/mol. The van der Waals surface area contributed by atoms with Gasteiger partial charge >= 0.3 is 0 Å². The van der Waals surface area contributed by atoms with Gasteiger partial charge in [-0.2, -0.15) is 0 Å². The first-order chi connectivity index (χ1) is 36.5. The smallest absolute Gasteiger partial charge is 0.268 e. The Balaban J connectivity index is 3.86. The Kier molecular flexibility index (Phi) is 56.0. The van der Waals surface area contributed by atoms with Gasteiger partial charge in [0, 0.05) is 6.42 Å². The van der Waals surface area contributed by atoms with E-state index >= 15 is 0 Å². The number of aliphatic hydroxyl groups is 1. The largest absolute Gasteiger partial charge is 0.756 e. The summed E-state index contributed by atoms with van der Waals surface area (Å²) in [4.78, 5) is 25.5. The topological polar surface area (TPSA) is 108 Å². The number of allylic oxidation sites excluding steroid dienone is 8. The van der Waals surface area contributed by atoms with Crippen molar-refractivity contribution in [1.82, 2.24) is 5.32 Å². The minimum absolute atomic E-state index is 0.0142. The average Bonchev–Trinajstić information content (AvgIpc) is 3.37. The molecule has 0 radical (unpaired) electrons. The Bertz CT molecular complexity index is 1360. The van der Waals surface area contributed by atoms with Gasteiger partial charge in [0.25, 0.3) is 7.82 Å². The lowest BCUT2D eigenvalue weighted by molar-refractivity contribution is -0.870. The number of aliphatic hydroxyl groups excluding tert-OH is 1. The van der Waals surface area contributed by atoms with Crippen molar-refractivity contribution in [3.63, 3.8) is 0 Å².